The Balaban J connectivity index is 2.14. The second kappa shape index (κ2) is 5.69. The molecule has 3 aromatic rings. The number of nitrogens with one attached hydrogen (secondary N) is 1. The Morgan fingerprint density at radius 1 is 1.19 bits per heavy atom. The van der Waals surface area contributed by atoms with Crippen molar-refractivity contribution in [3.8, 4) is 10.4 Å². The Bertz CT molecular complexity index is 803. The van der Waals surface area contributed by atoms with E-state index in [1.807, 2.05) is 41.3 Å². The summed E-state index contributed by atoms with van der Waals surface area (Å²) < 4.78 is 0.685. The maximum atomic E-state index is 12.3. The van der Waals surface area contributed by atoms with Gasteiger partial charge in [0.25, 0.3) is 5.56 Å². The van der Waals surface area contributed by atoms with E-state index in [-0.39, 0.29) is 5.56 Å². The van der Waals surface area contributed by atoms with E-state index >= 15 is 0 Å². The topological polar surface area (TPSA) is 49.0 Å². The van der Waals surface area contributed by atoms with Gasteiger partial charge in [-0.15, -0.1) is 11.3 Å². The molecule has 108 valence electrons. The average molecular weight is 299 g/mol. The van der Waals surface area contributed by atoms with Crippen molar-refractivity contribution in [3.05, 3.63) is 46.8 Å². The number of H-pyrrole nitrogens is 1. The van der Waals surface area contributed by atoms with Crippen molar-refractivity contribution in [2.24, 2.45) is 0 Å². The van der Waals surface area contributed by atoms with Crippen molar-refractivity contribution in [2.75, 3.05) is 18.0 Å². The third-order valence-electron chi connectivity index (χ3n) is 3.49. The second-order valence-corrected chi connectivity index (χ2v) is 5.81. The fourth-order valence-corrected chi connectivity index (χ4v) is 3.34. The summed E-state index contributed by atoms with van der Waals surface area (Å²) in [4.78, 5) is 22.9. The number of aromatic nitrogens is 2. The normalized spacial score (nSPS) is 11.0. The molecular formula is C16H17N3OS. The quantitative estimate of drug-likeness (QED) is 0.802. The van der Waals surface area contributed by atoms with Crippen LogP contribution in [0.5, 0.6) is 0 Å². The molecule has 0 radical (unpaired) electrons. The number of thiophene rings is 1. The Kier molecular flexibility index (Phi) is 3.75. The van der Waals surface area contributed by atoms with Crippen LogP contribution in [0, 0.1) is 0 Å². The molecule has 4 nitrogen and oxygen atoms in total. The highest BCUT2D eigenvalue weighted by molar-refractivity contribution is 7.22. The summed E-state index contributed by atoms with van der Waals surface area (Å²) in [5, 5.41) is 0. The van der Waals surface area contributed by atoms with E-state index < -0.39 is 0 Å². The summed E-state index contributed by atoms with van der Waals surface area (Å²) in [6.07, 6.45) is 0. The third-order valence-corrected chi connectivity index (χ3v) is 4.66. The maximum absolute atomic E-state index is 12.3. The van der Waals surface area contributed by atoms with E-state index in [1.54, 1.807) is 0 Å². The van der Waals surface area contributed by atoms with Crippen molar-refractivity contribution >= 4 is 27.5 Å². The zero-order chi connectivity index (χ0) is 14.8. The molecular weight excluding hydrogens is 282 g/mol. The molecule has 0 bridgehead atoms. The first-order valence-electron chi connectivity index (χ1n) is 7.07. The van der Waals surface area contributed by atoms with E-state index in [1.165, 1.54) is 11.3 Å². The van der Waals surface area contributed by atoms with Crippen LogP contribution < -0.4 is 10.5 Å². The molecule has 5 heteroatoms. The van der Waals surface area contributed by atoms with Crippen molar-refractivity contribution in [1.29, 1.82) is 0 Å². The molecule has 2 aromatic heterocycles. The minimum atomic E-state index is -0.0610. The molecule has 0 unspecified atom stereocenters. The van der Waals surface area contributed by atoms with E-state index in [4.69, 9.17) is 0 Å². The first-order valence-corrected chi connectivity index (χ1v) is 7.88. The summed E-state index contributed by atoms with van der Waals surface area (Å²) in [6, 6.07) is 12.1. The number of rotatable bonds is 4. The number of aromatic amines is 1. The molecule has 0 spiro atoms. The molecule has 0 aliphatic carbocycles. The molecule has 3 rings (SSSR count). The lowest BCUT2D eigenvalue weighted by molar-refractivity contribution is 0.823. The fourth-order valence-electron chi connectivity index (χ4n) is 2.35. The number of anilines is 1. The molecule has 0 atom stereocenters. The lowest BCUT2D eigenvalue weighted by atomic mass is 10.2. The Morgan fingerprint density at radius 2 is 1.90 bits per heavy atom. The summed E-state index contributed by atoms with van der Waals surface area (Å²) in [7, 11) is 0. The van der Waals surface area contributed by atoms with E-state index in [0.717, 1.165) is 29.0 Å². The van der Waals surface area contributed by atoms with Crippen LogP contribution in [0.2, 0.25) is 0 Å². The van der Waals surface area contributed by atoms with Gasteiger partial charge in [-0.25, -0.2) is 4.98 Å². The number of fused-ring (bicyclic) bond motifs is 1. The van der Waals surface area contributed by atoms with E-state index in [2.05, 4.69) is 23.8 Å². The molecule has 0 fully saturated rings. The van der Waals surface area contributed by atoms with Gasteiger partial charge in [0.15, 0.2) is 0 Å². The highest BCUT2D eigenvalue weighted by Crippen LogP contribution is 2.31. The van der Waals surface area contributed by atoms with Gasteiger partial charge in [0.05, 0.1) is 5.52 Å². The van der Waals surface area contributed by atoms with Gasteiger partial charge in [0.1, 0.15) is 4.70 Å². The van der Waals surface area contributed by atoms with Gasteiger partial charge in [0.2, 0.25) is 5.95 Å². The van der Waals surface area contributed by atoms with Crippen molar-refractivity contribution in [2.45, 2.75) is 13.8 Å². The Morgan fingerprint density at radius 3 is 2.57 bits per heavy atom. The van der Waals surface area contributed by atoms with Gasteiger partial charge >= 0.3 is 0 Å². The third kappa shape index (κ3) is 2.56. The van der Waals surface area contributed by atoms with Crippen LogP contribution in [0.25, 0.3) is 20.7 Å². The minimum Gasteiger partial charge on any atom is -0.343 e. The maximum Gasteiger partial charge on any atom is 0.270 e. The average Bonchev–Trinajstić information content (AvgIpc) is 2.94. The van der Waals surface area contributed by atoms with Gasteiger partial charge in [-0.1, -0.05) is 30.3 Å². The largest absolute Gasteiger partial charge is 0.343 e. The lowest BCUT2D eigenvalue weighted by Crippen LogP contribution is -2.26. The summed E-state index contributed by atoms with van der Waals surface area (Å²) in [6.45, 7) is 5.74. The summed E-state index contributed by atoms with van der Waals surface area (Å²) in [5.74, 6) is 0.648. The molecule has 0 saturated carbocycles. The molecule has 0 amide bonds. The molecule has 1 N–H and O–H groups in total. The van der Waals surface area contributed by atoms with Crippen LogP contribution in [-0.2, 0) is 0 Å². The smallest absolute Gasteiger partial charge is 0.270 e. The van der Waals surface area contributed by atoms with E-state index in [0.29, 0.717) is 10.6 Å². The van der Waals surface area contributed by atoms with Crippen LogP contribution in [0.1, 0.15) is 13.8 Å². The van der Waals surface area contributed by atoms with Gasteiger partial charge in [-0.05, 0) is 25.5 Å². The zero-order valence-corrected chi connectivity index (χ0v) is 12.9. The Labute approximate surface area is 127 Å². The number of hydrogen-bond donors (Lipinski definition) is 1. The SMILES string of the molecule is CCN(CC)c1nc2cc(-c3ccccc3)sc2c(=O)[nH]1. The number of benzene rings is 1. The highest BCUT2D eigenvalue weighted by Gasteiger charge is 2.12. The fraction of sp³-hybridized carbons (Fsp3) is 0.250. The summed E-state index contributed by atoms with van der Waals surface area (Å²) in [5.41, 5.74) is 1.82. The highest BCUT2D eigenvalue weighted by atomic mass is 32.1. The first-order chi connectivity index (χ1) is 10.2. The van der Waals surface area contributed by atoms with Crippen LogP contribution in [-0.4, -0.2) is 23.1 Å². The zero-order valence-electron chi connectivity index (χ0n) is 12.1. The van der Waals surface area contributed by atoms with Crippen molar-refractivity contribution in [3.63, 3.8) is 0 Å². The Hall–Kier alpha value is -2.14. The predicted molar refractivity (Wildman–Crippen MR) is 89.2 cm³/mol. The molecule has 0 aliphatic heterocycles. The van der Waals surface area contributed by atoms with Crippen LogP contribution in [0.15, 0.2) is 41.2 Å². The molecule has 0 saturated heterocycles. The van der Waals surface area contributed by atoms with E-state index in [9.17, 15) is 4.79 Å². The van der Waals surface area contributed by atoms with Crippen LogP contribution in [0.3, 0.4) is 0 Å². The van der Waals surface area contributed by atoms with Crippen molar-refractivity contribution in [1.82, 2.24) is 9.97 Å². The molecule has 0 aliphatic rings. The lowest BCUT2D eigenvalue weighted by Gasteiger charge is -2.18. The second-order valence-electron chi connectivity index (χ2n) is 4.75. The van der Waals surface area contributed by atoms with Crippen LogP contribution in [0.4, 0.5) is 5.95 Å². The van der Waals surface area contributed by atoms with Gasteiger partial charge < -0.3 is 4.90 Å². The standard InChI is InChI=1S/C16H17N3OS/c1-3-19(4-2)16-17-12-10-13(11-8-6-5-7-9-11)21-14(12)15(20)18-16/h5-10H,3-4H2,1-2H3,(H,17,18,20). The molecule has 2 heterocycles. The monoisotopic (exact) mass is 299 g/mol. The summed E-state index contributed by atoms with van der Waals surface area (Å²) >= 11 is 1.49. The molecule has 21 heavy (non-hydrogen) atoms. The van der Waals surface area contributed by atoms with Crippen LogP contribution >= 0.6 is 11.3 Å². The van der Waals surface area contributed by atoms with Gasteiger partial charge in [-0.3, -0.25) is 9.78 Å². The minimum absolute atomic E-state index is 0.0610. The van der Waals surface area contributed by atoms with Gasteiger partial charge in [0, 0.05) is 18.0 Å². The number of nitrogens with zero attached hydrogens (tertiary/aromatic N) is 2. The number of hydrogen-bond acceptors (Lipinski definition) is 4. The first kappa shape index (κ1) is 13.8. The van der Waals surface area contributed by atoms with Crippen molar-refractivity contribution < 1.29 is 0 Å². The van der Waals surface area contributed by atoms with Gasteiger partial charge in [-0.2, -0.15) is 0 Å². The predicted octanol–water partition coefficient (Wildman–Crippen LogP) is 3.50. The molecule has 1 aromatic carbocycles.